The summed E-state index contributed by atoms with van der Waals surface area (Å²) in [7, 11) is 0. The third-order valence-corrected chi connectivity index (χ3v) is 2.65. The standard InChI is InChI=1S/C12H23NO3/c1-8(2)7-12(6,11(15)16)13(9(3)4)10(5)14/h8-9H,7H2,1-6H3,(H,15,16). The molecule has 16 heavy (non-hydrogen) atoms. The number of rotatable bonds is 5. The van der Waals surface area contributed by atoms with Crippen LogP contribution >= 0.6 is 0 Å². The van der Waals surface area contributed by atoms with E-state index >= 15 is 0 Å². The molecule has 0 aromatic rings. The lowest BCUT2D eigenvalue weighted by atomic mass is 9.88. The molecule has 0 rings (SSSR count). The Hall–Kier alpha value is -1.06. The summed E-state index contributed by atoms with van der Waals surface area (Å²) in [5.74, 6) is -0.910. The molecular formula is C12H23NO3. The van der Waals surface area contributed by atoms with Crippen LogP contribution in [0.15, 0.2) is 0 Å². The predicted molar refractivity (Wildman–Crippen MR) is 63.2 cm³/mol. The van der Waals surface area contributed by atoms with Crippen molar-refractivity contribution in [3.8, 4) is 0 Å². The topological polar surface area (TPSA) is 57.6 Å². The molecule has 4 heteroatoms. The molecule has 1 unspecified atom stereocenters. The van der Waals surface area contributed by atoms with Gasteiger partial charge in [0.1, 0.15) is 5.54 Å². The summed E-state index contributed by atoms with van der Waals surface area (Å²) in [4.78, 5) is 24.4. The highest BCUT2D eigenvalue weighted by Gasteiger charge is 2.42. The Bertz CT molecular complexity index is 273. The summed E-state index contributed by atoms with van der Waals surface area (Å²) in [5, 5.41) is 9.36. The van der Waals surface area contributed by atoms with Crippen molar-refractivity contribution in [2.75, 3.05) is 0 Å². The molecule has 0 heterocycles. The van der Waals surface area contributed by atoms with Crippen LogP contribution in [0.3, 0.4) is 0 Å². The van der Waals surface area contributed by atoms with Gasteiger partial charge >= 0.3 is 5.97 Å². The van der Waals surface area contributed by atoms with Crippen molar-refractivity contribution in [2.45, 2.75) is 59.5 Å². The molecule has 1 atom stereocenters. The Morgan fingerprint density at radius 3 is 1.88 bits per heavy atom. The largest absolute Gasteiger partial charge is 0.480 e. The number of carboxylic acid groups (broad SMARTS) is 1. The summed E-state index contributed by atoms with van der Waals surface area (Å²) in [6.45, 7) is 10.6. The molecular weight excluding hydrogens is 206 g/mol. The molecule has 0 spiro atoms. The molecule has 0 radical (unpaired) electrons. The van der Waals surface area contributed by atoms with Crippen LogP contribution in [-0.4, -0.2) is 33.5 Å². The van der Waals surface area contributed by atoms with Crippen molar-refractivity contribution >= 4 is 11.9 Å². The van der Waals surface area contributed by atoms with E-state index in [1.54, 1.807) is 6.92 Å². The number of nitrogens with zero attached hydrogens (tertiary/aromatic N) is 1. The predicted octanol–water partition coefficient (Wildman–Crippen LogP) is 2.13. The van der Waals surface area contributed by atoms with E-state index in [-0.39, 0.29) is 17.9 Å². The molecule has 1 amide bonds. The van der Waals surface area contributed by atoms with Gasteiger partial charge < -0.3 is 10.0 Å². The summed E-state index contributed by atoms with van der Waals surface area (Å²) < 4.78 is 0. The highest BCUT2D eigenvalue weighted by Crippen LogP contribution is 2.26. The first-order valence-corrected chi connectivity index (χ1v) is 5.66. The SMILES string of the molecule is CC(=O)N(C(C)C)C(C)(CC(C)C)C(=O)O. The van der Waals surface area contributed by atoms with Gasteiger partial charge in [0.25, 0.3) is 0 Å². The molecule has 0 saturated carbocycles. The third kappa shape index (κ3) is 3.22. The van der Waals surface area contributed by atoms with Crippen LogP contribution in [0.25, 0.3) is 0 Å². The molecule has 0 aliphatic heterocycles. The van der Waals surface area contributed by atoms with Gasteiger partial charge in [-0.1, -0.05) is 13.8 Å². The Labute approximate surface area is 97.6 Å². The maximum Gasteiger partial charge on any atom is 0.329 e. The summed E-state index contributed by atoms with van der Waals surface area (Å²) >= 11 is 0. The molecule has 4 nitrogen and oxygen atoms in total. The molecule has 1 N–H and O–H groups in total. The molecule has 0 bridgehead atoms. The number of carboxylic acids is 1. The summed E-state index contributed by atoms with van der Waals surface area (Å²) in [5.41, 5.74) is -1.12. The molecule has 0 aromatic heterocycles. The van der Waals surface area contributed by atoms with E-state index in [0.717, 1.165) is 0 Å². The average Bonchev–Trinajstić information content (AvgIpc) is 1.99. The molecule has 0 aromatic carbocycles. The fourth-order valence-electron chi connectivity index (χ4n) is 2.36. The quantitative estimate of drug-likeness (QED) is 0.785. The number of carbonyl (C=O) groups excluding carboxylic acids is 1. The highest BCUT2D eigenvalue weighted by atomic mass is 16.4. The van der Waals surface area contributed by atoms with Crippen molar-refractivity contribution in [1.82, 2.24) is 4.90 Å². The first-order valence-electron chi connectivity index (χ1n) is 5.66. The number of hydrogen-bond acceptors (Lipinski definition) is 2. The Morgan fingerprint density at radius 1 is 1.25 bits per heavy atom. The first kappa shape index (κ1) is 14.9. The Morgan fingerprint density at radius 2 is 1.69 bits per heavy atom. The van der Waals surface area contributed by atoms with Crippen LogP contribution in [0, 0.1) is 5.92 Å². The molecule has 0 fully saturated rings. The van der Waals surface area contributed by atoms with Crippen LogP contribution in [0.1, 0.15) is 48.0 Å². The van der Waals surface area contributed by atoms with Gasteiger partial charge in [0, 0.05) is 13.0 Å². The minimum atomic E-state index is -1.12. The molecule has 94 valence electrons. The van der Waals surface area contributed by atoms with Gasteiger partial charge in [-0.15, -0.1) is 0 Å². The lowest BCUT2D eigenvalue weighted by molar-refractivity contribution is -0.160. The van der Waals surface area contributed by atoms with Crippen molar-refractivity contribution in [3.05, 3.63) is 0 Å². The van der Waals surface area contributed by atoms with E-state index in [1.807, 2.05) is 27.7 Å². The van der Waals surface area contributed by atoms with Gasteiger partial charge in [-0.2, -0.15) is 0 Å². The van der Waals surface area contributed by atoms with Crippen molar-refractivity contribution < 1.29 is 14.7 Å². The second kappa shape index (κ2) is 5.32. The van der Waals surface area contributed by atoms with Crippen molar-refractivity contribution in [2.24, 2.45) is 5.92 Å². The van der Waals surface area contributed by atoms with Crippen LogP contribution in [0.4, 0.5) is 0 Å². The first-order chi connectivity index (χ1) is 7.12. The van der Waals surface area contributed by atoms with Gasteiger partial charge in [0.05, 0.1) is 0 Å². The average molecular weight is 229 g/mol. The van der Waals surface area contributed by atoms with E-state index in [9.17, 15) is 14.7 Å². The van der Waals surface area contributed by atoms with E-state index < -0.39 is 11.5 Å². The van der Waals surface area contributed by atoms with E-state index in [4.69, 9.17) is 0 Å². The summed E-state index contributed by atoms with van der Waals surface area (Å²) in [6.07, 6.45) is 0.458. The minimum Gasteiger partial charge on any atom is -0.480 e. The van der Waals surface area contributed by atoms with E-state index in [2.05, 4.69) is 0 Å². The number of aliphatic carboxylic acids is 1. The Balaban J connectivity index is 5.29. The van der Waals surface area contributed by atoms with Gasteiger partial charge in [-0.3, -0.25) is 4.79 Å². The zero-order valence-electron chi connectivity index (χ0n) is 11.1. The lowest BCUT2D eigenvalue weighted by Crippen LogP contribution is -2.57. The zero-order chi connectivity index (χ0) is 13.1. The highest BCUT2D eigenvalue weighted by molar-refractivity contribution is 5.85. The lowest BCUT2D eigenvalue weighted by Gasteiger charge is -2.41. The molecule has 0 aliphatic rings. The summed E-state index contributed by atoms with van der Waals surface area (Å²) in [6, 6.07) is -0.114. The maximum atomic E-state index is 11.6. The van der Waals surface area contributed by atoms with Gasteiger partial charge in [0.2, 0.25) is 5.91 Å². The maximum absolute atomic E-state index is 11.6. The fourth-order valence-corrected chi connectivity index (χ4v) is 2.36. The fraction of sp³-hybridized carbons (Fsp3) is 0.833. The van der Waals surface area contributed by atoms with Gasteiger partial charge in [0.15, 0.2) is 0 Å². The number of hydrogen-bond donors (Lipinski definition) is 1. The second-order valence-corrected chi connectivity index (χ2v) is 5.16. The molecule has 0 saturated heterocycles. The van der Waals surface area contributed by atoms with Crippen molar-refractivity contribution in [3.63, 3.8) is 0 Å². The number of carbonyl (C=O) groups is 2. The van der Waals surface area contributed by atoms with E-state index in [0.29, 0.717) is 6.42 Å². The number of amides is 1. The monoisotopic (exact) mass is 229 g/mol. The Kier molecular flexibility index (Phi) is 4.97. The minimum absolute atomic E-state index is 0.114. The third-order valence-electron chi connectivity index (χ3n) is 2.65. The van der Waals surface area contributed by atoms with Gasteiger partial charge in [-0.25, -0.2) is 4.79 Å². The van der Waals surface area contributed by atoms with Crippen LogP contribution in [-0.2, 0) is 9.59 Å². The van der Waals surface area contributed by atoms with E-state index in [1.165, 1.54) is 11.8 Å². The van der Waals surface area contributed by atoms with Crippen LogP contribution in [0.2, 0.25) is 0 Å². The van der Waals surface area contributed by atoms with Gasteiger partial charge in [-0.05, 0) is 33.1 Å². The normalized spacial score (nSPS) is 15.0. The van der Waals surface area contributed by atoms with Crippen molar-refractivity contribution in [1.29, 1.82) is 0 Å². The second-order valence-electron chi connectivity index (χ2n) is 5.16. The van der Waals surface area contributed by atoms with Crippen LogP contribution in [0.5, 0.6) is 0 Å². The molecule has 0 aliphatic carbocycles. The van der Waals surface area contributed by atoms with Crippen LogP contribution < -0.4 is 0 Å². The zero-order valence-corrected chi connectivity index (χ0v) is 11.1. The smallest absolute Gasteiger partial charge is 0.329 e.